The maximum absolute atomic E-state index is 5.82. The van der Waals surface area contributed by atoms with Crippen LogP contribution in [0.1, 0.15) is 31.7 Å². The Morgan fingerprint density at radius 3 is 2.83 bits per heavy atom. The van der Waals surface area contributed by atoms with Gasteiger partial charge in [0.05, 0.1) is 5.52 Å². The van der Waals surface area contributed by atoms with Crippen molar-refractivity contribution < 1.29 is 0 Å². The molecule has 2 nitrogen and oxygen atoms in total. The maximum Gasteiger partial charge on any atom is 0.101 e. The van der Waals surface area contributed by atoms with E-state index in [1.807, 2.05) is 23.9 Å². The minimum Gasteiger partial charge on any atom is -0.326 e. The molecule has 0 unspecified atom stereocenters. The van der Waals surface area contributed by atoms with Gasteiger partial charge < -0.3 is 5.73 Å². The normalized spacial score (nSPS) is 11.0. The largest absolute Gasteiger partial charge is 0.326 e. The lowest BCUT2D eigenvalue weighted by atomic mass is 10.1. The number of para-hydroxylation sites is 1. The lowest BCUT2D eigenvalue weighted by molar-refractivity contribution is 0.778. The van der Waals surface area contributed by atoms with Crippen LogP contribution in [0, 0.1) is 0 Å². The number of hydrogen-bond acceptors (Lipinski definition) is 3. The van der Waals surface area contributed by atoms with Crippen LogP contribution in [0.4, 0.5) is 0 Å². The highest BCUT2D eigenvalue weighted by molar-refractivity contribution is 7.99. The topological polar surface area (TPSA) is 38.9 Å². The summed E-state index contributed by atoms with van der Waals surface area (Å²) in [4.78, 5) is 4.73. The van der Waals surface area contributed by atoms with Gasteiger partial charge in [0.1, 0.15) is 5.03 Å². The Morgan fingerprint density at radius 1 is 1.22 bits per heavy atom. The van der Waals surface area contributed by atoms with Crippen LogP contribution in [-0.2, 0) is 6.54 Å². The van der Waals surface area contributed by atoms with Crippen molar-refractivity contribution in [2.75, 3.05) is 5.75 Å². The number of pyridine rings is 1. The van der Waals surface area contributed by atoms with Gasteiger partial charge >= 0.3 is 0 Å². The number of thioether (sulfide) groups is 1. The van der Waals surface area contributed by atoms with E-state index in [0.717, 1.165) is 21.9 Å². The smallest absolute Gasteiger partial charge is 0.101 e. The highest BCUT2D eigenvalue weighted by Gasteiger charge is 2.06. The van der Waals surface area contributed by atoms with Crippen LogP contribution in [0.25, 0.3) is 10.9 Å². The molecule has 1 aromatic heterocycles. The molecule has 1 heterocycles. The monoisotopic (exact) mass is 260 g/mol. The number of nitrogens with zero attached hydrogens (tertiary/aromatic N) is 1. The van der Waals surface area contributed by atoms with E-state index in [1.165, 1.54) is 24.6 Å². The van der Waals surface area contributed by atoms with Gasteiger partial charge in [-0.3, -0.25) is 0 Å². The summed E-state index contributed by atoms with van der Waals surface area (Å²) in [5, 5.41) is 2.28. The fourth-order valence-corrected chi connectivity index (χ4v) is 2.97. The summed E-state index contributed by atoms with van der Waals surface area (Å²) in [5.41, 5.74) is 8.04. The third-order valence-electron chi connectivity index (χ3n) is 2.97. The second kappa shape index (κ2) is 6.76. The van der Waals surface area contributed by atoms with Crippen LogP contribution in [0.15, 0.2) is 35.4 Å². The summed E-state index contributed by atoms with van der Waals surface area (Å²) in [5.74, 6) is 1.13. The van der Waals surface area contributed by atoms with Crippen molar-refractivity contribution >= 4 is 22.7 Å². The van der Waals surface area contributed by atoms with E-state index in [2.05, 4.69) is 25.1 Å². The van der Waals surface area contributed by atoms with Crippen molar-refractivity contribution in [2.24, 2.45) is 5.73 Å². The van der Waals surface area contributed by atoms with Gasteiger partial charge in [-0.1, -0.05) is 38.0 Å². The molecule has 2 N–H and O–H groups in total. The van der Waals surface area contributed by atoms with E-state index in [1.54, 1.807) is 0 Å². The Labute approximate surface area is 113 Å². The van der Waals surface area contributed by atoms with Crippen LogP contribution in [0.2, 0.25) is 0 Å². The van der Waals surface area contributed by atoms with Crippen molar-refractivity contribution in [1.29, 1.82) is 0 Å². The number of fused-ring (bicyclic) bond motifs is 1. The average molecular weight is 260 g/mol. The molecule has 96 valence electrons. The van der Waals surface area contributed by atoms with Crippen molar-refractivity contribution in [3.63, 3.8) is 0 Å². The summed E-state index contributed by atoms with van der Waals surface area (Å²) in [6, 6.07) is 10.4. The lowest BCUT2D eigenvalue weighted by Gasteiger charge is -2.08. The first-order valence-corrected chi connectivity index (χ1v) is 7.55. The zero-order valence-electron chi connectivity index (χ0n) is 10.9. The first kappa shape index (κ1) is 13.4. The molecule has 0 saturated heterocycles. The molecule has 0 radical (unpaired) electrons. The van der Waals surface area contributed by atoms with Crippen molar-refractivity contribution in [2.45, 2.75) is 37.8 Å². The van der Waals surface area contributed by atoms with E-state index in [9.17, 15) is 0 Å². The van der Waals surface area contributed by atoms with Crippen molar-refractivity contribution in [3.8, 4) is 0 Å². The Morgan fingerprint density at radius 2 is 2.06 bits per heavy atom. The molecular formula is C15H20N2S. The van der Waals surface area contributed by atoms with Crippen LogP contribution < -0.4 is 5.73 Å². The molecule has 0 atom stereocenters. The van der Waals surface area contributed by atoms with Gasteiger partial charge in [-0.15, -0.1) is 11.8 Å². The quantitative estimate of drug-likeness (QED) is 0.631. The van der Waals surface area contributed by atoms with Crippen LogP contribution in [0.3, 0.4) is 0 Å². The summed E-state index contributed by atoms with van der Waals surface area (Å²) in [6.45, 7) is 2.79. The highest BCUT2D eigenvalue weighted by atomic mass is 32.2. The Balaban J connectivity index is 2.19. The molecule has 0 aliphatic heterocycles. The molecule has 0 aliphatic rings. The second-order valence-corrected chi connectivity index (χ2v) is 5.49. The van der Waals surface area contributed by atoms with Gasteiger partial charge in [-0.05, 0) is 29.9 Å². The summed E-state index contributed by atoms with van der Waals surface area (Å²) >= 11 is 1.84. The molecule has 0 saturated carbocycles. The fraction of sp³-hybridized carbons (Fsp3) is 0.400. The maximum atomic E-state index is 5.82. The Kier molecular flexibility index (Phi) is 5.02. The summed E-state index contributed by atoms with van der Waals surface area (Å²) in [7, 11) is 0. The number of hydrogen-bond donors (Lipinski definition) is 1. The molecule has 0 amide bonds. The SMILES string of the molecule is CCCCCSc1nc2ccccc2cc1CN. The van der Waals surface area contributed by atoms with Gasteiger partial charge in [-0.25, -0.2) is 4.98 Å². The molecule has 3 heteroatoms. The minimum atomic E-state index is 0.563. The molecule has 2 rings (SSSR count). The fourth-order valence-electron chi connectivity index (χ4n) is 1.93. The van der Waals surface area contributed by atoms with Crippen LogP contribution in [0.5, 0.6) is 0 Å². The zero-order chi connectivity index (χ0) is 12.8. The molecular weight excluding hydrogens is 240 g/mol. The lowest BCUT2D eigenvalue weighted by Crippen LogP contribution is -2.01. The van der Waals surface area contributed by atoms with Crippen LogP contribution in [-0.4, -0.2) is 10.7 Å². The summed E-state index contributed by atoms with van der Waals surface area (Å²) < 4.78 is 0. The first-order chi connectivity index (χ1) is 8.85. The van der Waals surface area contributed by atoms with E-state index in [0.29, 0.717) is 6.54 Å². The number of benzene rings is 1. The number of nitrogens with two attached hydrogens (primary N) is 1. The van der Waals surface area contributed by atoms with Crippen molar-refractivity contribution in [3.05, 3.63) is 35.9 Å². The summed E-state index contributed by atoms with van der Waals surface area (Å²) in [6.07, 6.45) is 3.80. The number of unbranched alkanes of at least 4 members (excludes halogenated alkanes) is 2. The third kappa shape index (κ3) is 3.24. The van der Waals surface area contributed by atoms with Gasteiger partial charge in [0.25, 0.3) is 0 Å². The van der Waals surface area contributed by atoms with E-state index in [4.69, 9.17) is 10.7 Å². The van der Waals surface area contributed by atoms with Crippen LogP contribution >= 0.6 is 11.8 Å². The van der Waals surface area contributed by atoms with Crippen molar-refractivity contribution in [1.82, 2.24) is 4.98 Å². The Hall–Kier alpha value is -1.06. The van der Waals surface area contributed by atoms with E-state index in [-0.39, 0.29) is 0 Å². The highest BCUT2D eigenvalue weighted by Crippen LogP contribution is 2.25. The van der Waals surface area contributed by atoms with Gasteiger partial charge in [-0.2, -0.15) is 0 Å². The average Bonchev–Trinajstić information content (AvgIpc) is 2.42. The van der Waals surface area contributed by atoms with Gasteiger partial charge in [0.15, 0.2) is 0 Å². The predicted molar refractivity (Wildman–Crippen MR) is 79.9 cm³/mol. The molecule has 2 aromatic rings. The molecule has 0 aliphatic carbocycles. The molecule has 18 heavy (non-hydrogen) atoms. The molecule has 0 fully saturated rings. The van der Waals surface area contributed by atoms with Gasteiger partial charge in [0.2, 0.25) is 0 Å². The molecule has 0 spiro atoms. The minimum absolute atomic E-state index is 0.563. The van der Waals surface area contributed by atoms with Gasteiger partial charge in [0, 0.05) is 11.9 Å². The molecule has 0 bridgehead atoms. The predicted octanol–water partition coefficient (Wildman–Crippen LogP) is 3.98. The second-order valence-electron chi connectivity index (χ2n) is 4.41. The molecule has 1 aromatic carbocycles. The first-order valence-electron chi connectivity index (χ1n) is 6.56. The number of rotatable bonds is 6. The zero-order valence-corrected chi connectivity index (χ0v) is 11.7. The Bertz CT molecular complexity index is 511. The van der Waals surface area contributed by atoms with E-state index < -0.39 is 0 Å². The standard InChI is InChI=1S/C15H20N2S/c1-2-3-6-9-18-15-13(11-16)10-12-7-4-5-8-14(12)17-15/h4-5,7-8,10H,2-3,6,9,11,16H2,1H3. The number of aromatic nitrogens is 1. The third-order valence-corrected chi connectivity index (χ3v) is 4.09. The van der Waals surface area contributed by atoms with E-state index >= 15 is 0 Å².